The molecule has 1 heterocycles. The minimum Gasteiger partial charge on any atom is -0.444 e. The van der Waals surface area contributed by atoms with E-state index in [0.717, 1.165) is 5.56 Å². The third-order valence-corrected chi connectivity index (χ3v) is 4.27. The van der Waals surface area contributed by atoms with E-state index < -0.39 is 5.60 Å². The number of likely N-dealkylation sites (tertiary alicyclic amines) is 1. The smallest absolute Gasteiger partial charge is 0.410 e. The van der Waals surface area contributed by atoms with Crippen molar-refractivity contribution in [2.75, 3.05) is 13.1 Å². The van der Waals surface area contributed by atoms with Gasteiger partial charge >= 0.3 is 6.09 Å². The molecule has 0 spiro atoms. The third-order valence-electron chi connectivity index (χ3n) is 4.27. The van der Waals surface area contributed by atoms with Crippen LogP contribution in [0.3, 0.4) is 0 Å². The second-order valence-electron chi connectivity index (χ2n) is 7.26. The van der Waals surface area contributed by atoms with E-state index >= 15 is 0 Å². The van der Waals surface area contributed by atoms with Gasteiger partial charge in [-0.25, -0.2) is 4.79 Å². The lowest BCUT2D eigenvalue weighted by Crippen LogP contribution is -2.48. The standard InChI is InChI=1S/C18H26N2O3/c1-17(2,3)23-16(22)20-11-9-18(10-12-20,13-15(19)21)14-7-5-4-6-8-14/h4-8H,9-13H2,1-3H3,(H2,19,21). The molecule has 126 valence electrons. The van der Waals surface area contributed by atoms with Crippen LogP contribution >= 0.6 is 0 Å². The number of nitrogens with zero attached hydrogens (tertiary/aromatic N) is 1. The van der Waals surface area contributed by atoms with Gasteiger partial charge in [0, 0.05) is 24.9 Å². The molecular weight excluding hydrogens is 292 g/mol. The van der Waals surface area contributed by atoms with Gasteiger partial charge in [-0.1, -0.05) is 30.3 Å². The summed E-state index contributed by atoms with van der Waals surface area (Å²) >= 11 is 0. The fourth-order valence-corrected chi connectivity index (χ4v) is 3.14. The molecule has 23 heavy (non-hydrogen) atoms. The van der Waals surface area contributed by atoms with Crippen LogP contribution in [0.2, 0.25) is 0 Å². The number of hydrogen-bond acceptors (Lipinski definition) is 3. The lowest BCUT2D eigenvalue weighted by atomic mass is 9.70. The Hall–Kier alpha value is -2.04. The SMILES string of the molecule is CC(C)(C)OC(=O)N1CCC(CC(N)=O)(c2ccccc2)CC1. The van der Waals surface area contributed by atoms with E-state index in [-0.39, 0.29) is 17.4 Å². The van der Waals surface area contributed by atoms with Crippen molar-refractivity contribution in [2.24, 2.45) is 5.73 Å². The monoisotopic (exact) mass is 318 g/mol. The molecule has 0 saturated carbocycles. The van der Waals surface area contributed by atoms with Crippen LogP contribution in [0, 0.1) is 0 Å². The number of primary amides is 1. The fraction of sp³-hybridized carbons (Fsp3) is 0.556. The Labute approximate surface area is 137 Å². The van der Waals surface area contributed by atoms with E-state index in [0.29, 0.717) is 32.4 Å². The number of ether oxygens (including phenoxy) is 1. The first kappa shape index (κ1) is 17.3. The summed E-state index contributed by atoms with van der Waals surface area (Å²) < 4.78 is 5.43. The van der Waals surface area contributed by atoms with Crippen LogP contribution < -0.4 is 5.73 Å². The predicted octanol–water partition coefficient (Wildman–Crippen LogP) is 2.83. The molecule has 0 unspecified atom stereocenters. The lowest BCUT2D eigenvalue weighted by molar-refractivity contribution is -0.119. The fourth-order valence-electron chi connectivity index (χ4n) is 3.14. The van der Waals surface area contributed by atoms with Crippen LogP contribution in [0.25, 0.3) is 0 Å². The molecule has 2 rings (SSSR count). The van der Waals surface area contributed by atoms with Gasteiger partial charge in [0.15, 0.2) is 0 Å². The number of amides is 2. The summed E-state index contributed by atoms with van der Waals surface area (Å²) in [5, 5.41) is 0. The largest absolute Gasteiger partial charge is 0.444 e. The molecule has 0 aliphatic carbocycles. The first-order valence-corrected chi connectivity index (χ1v) is 8.04. The van der Waals surface area contributed by atoms with Gasteiger partial charge in [0.25, 0.3) is 0 Å². The number of piperidine rings is 1. The van der Waals surface area contributed by atoms with Crippen molar-refractivity contribution >= 4 is 12.0 Å². The van der Waals surface area contributed by atoms with Gasteiger partial charge in [-0.15, -0.1) is 0 Å². The maximum absolute atomic E-state index is 12.2. The first-order valence-electron chi connectivity index (χ1n) is 8.04. The van der Waals surface area contributed by atoms with Gasteiger partial charge in [0.05, 0.1) is 0 Å². The van der Waals surface area contributed by atoms with Crippen molar-refractivity contribution < 1.29 is 14.3 Å². The summed E-state index contributed by atoms with van der Waals surface area (Å²) in [6.45, 7) is 6.71. The Kier molecular flexibility index (Phi) is 4.97. The summed E-state index contributed by atoms with van der Waals surface area (Å²) in [5.41, 5.74) is 5.81. The Morgan fingerprint density at radius 3 is 2.22 bits per heavy atom. The zero-order valence-electron chi connectivity index (χ0n) is 14.2. The van der Waals surface area contributed by atoms with Gasteiger partial charge in [0.2, 0.25) is 5.91 Å². The highest BCUT2D eigenvalue weighted by molar-refractivity contribution is 5.76. The Balaban J connectivity index is 2.11. The molecule has 5 nitrogen and oxygen atoms in total. The Bertz CT molecular complexity index is 555. The summed E-state index contributed by atoms with van der Waals surface area (Å²) in [4.78, 5) is 25.5. The molecule has 0 atom stereocenters. The predicted molar refractivity (Wildman–Crippen MR) is 89.0 cm³/mol. The Morgan fingerprint density at radius 1 is 1.17 bits per heavy atom. The maximum Gasteiger partial charge on any atom is 0.410 e. The topological polar surface area (TPSA) is 72.6 Å². The van der Waals surface area contributed by atoms with E-state index in [9.17, 15) is 9.59 Å². The lowest BCUT2D eigenvalue weighted by Gasteiger charge is -2.42. The second kappa shape index (κ2) is 6.60. The number of rotatable bonds is 3. The van der Waals surface area contributed by atoms with E-state index in [2.05, 4.69) is 0 Å². The van der Waals surface area contributed by atoms with Gasteiger partial charge < -0.3 is 15.4 Å². The highest BCUT2D eigenvalue weighted by Crippen LogP contribution is 2.38. The third kappa shape index (κ3) is 4.47. The van der Waals surface area contributed by atoms with E-state index in [1.165, 1.54) is 0 Å². The minimum atomic E-state index is -0.502. The highest BCUT2D eigenvalue weighted by atomic mass is 16.6. The number of carbonyl (C=O) groups is 2. The molecule has 0 bridgehead atoms. The van der Waals surface area contributed by atoms with Crippen LogP contribution in [0.15, 0.2) is 30.3 Å². The zero-order valence-corrected chi connectivity index (χ0v) is 14.2. The summed E-state index contributed by atoms with van der Waals surface area (Å²) in [7, 11) is 0. The van der Waals surface area contributed by atoms with Crippen LogP contribution in [-0.4, -0.2) is 35.6 Å². The molecule has 5 heteroatoms. The van der Waals surface area contributed by atoms with Gasteiger partial charge in [-0.2, -0.15) is 0 Å². The molecule has 2 amide bonds. The van der Waals surface area contributed by atoms with E-state index in [4.69, 9.17) is 10.5 Å². The molecule has 2 N–H and O–H groups in total. The molecular formula is C18H26N2O3. The second-order valence-corrected chi connectivity index (χ2v) is 7.26. The van der Waals surface area contributed by atoms with Crippen LogP contribution in [-0.2, 0) is 14.9 Å². The molecule has 1 fully saturated rings. The average molecular weight is 318 g/mol. The number of nitrogens with two attached hydrogens (primary N) is 1. The number of hydrogen-bond donors (Lipinski definition) is 1. The van der Waals surface area contributed by atoms with E-state index in [1.54, 1.807) is 4.90 Å². The molecule has 1 aliphatic rings. The van der Waals surface area contributed by atoms with Crippen LogP contribution in [0.4, 0.5) is 4.79 Å². The van der Waals surface area contributed by atoms with E-state index in [1.807, 2.05) is 51.1 Å². The van der Waals surface area contributed by atoms with Crippen molar-refractivity contribution in [1.29, 1.82) is 0 Å². The van der Waals surface area contributed by atoms with Crippen molar-refractivity contribution in [3.63, 3.8) is 0 Å². The molecule has 0 radical (unpaired) electrons. The van der Waals surface area contributed by atoms with Crippen LogP contribution in [0.5, 0.6) is 0 Å². The van der Waals surface area contributed by atoms with Crippen molar-refractivity contribution in [3.8, 4) is 0 Å². The molecule has 0 aromatic heterocycles. The minimum absolute atomic E-state index is 0.286. The maximum atomic E-state index is 12.2. The molecule has 1 saturated heterocycles. The molecule has 1 aromatic carbocycles. The summed E-state index contributed by atoms with van der Waals surface area (Å²) in [6, 6.07) is 9.96. The zero-order chi connectivity index (χ0) is 17.1. The summed E-state index contributed by atoms with van der Waals surface area (Å²) in [5.74, 6) is -0.306. The molecule has 1 aromatic rings. The van der Waals surface area contributed by atoms with Crippen molar-refractivity contribution in [2.45, 2.75) is 51.0 Å². The number of carbonyl (C=O) groups excluding carboxylic acids is 2. The average Bonchev–Trinajstić information content (AvgIpc) is 2.46. The van der Waals surface area contributed by atoms with Gasteiger partial charge in [-0.3, -0.25) is 4.79 Å². The normalized spacial score (nSPS) is 17.6. The summed E-state index contributed by atoms with van der Waals surface area (Å²) in [6.07, 6.45) is 1.43. The highest BCUT2D eigenvalue weighted by Gasteiger charge is 2.39. The van der Waals surface area contributed by atoms with Crippen LogP contribution in [0.1, 0.15) is 45.6 Å². The number of benzene rings is 1. The Morgan fingerprint density at radius 2 is 1.74 bits per heavy atom. The van der Waals surface area contributed by atoms with Crippen molar-refractivity contribution in [1.82, 2.24) is 4.90 Å². The quantitative estimate of drug-likeness (QED) is 0.931. The van der Waals surface area contributed by atoms with Gasteiger partial charge in [-0.05, 0) is 39.2 Å². The molecule has 1 aliphatic heterocycles. The van der Waals surface area contributed by atoms with Gasteiger partial charge in [0.1, 0.15) is 5.60 Å². The first-order chi connectivity index (χ1) is 10.7. The van der Waals surface area contributed by atoms with Crippen molar-refractivity contribution in [3.05, 3.63) is 35.9 Å².